The summed E-state index contributed by atoms with van der Waals surface area (Å²) in [5, 5.41) is 12.1. The molecule has 0 amide bonds. The molecule has 0 saturated carbocycles. The summed E-state index contributed by atoms with van der Waals surface area (Å²) in [6, 6.07) is 24.8. The summed E-state index contributed by atoms with van der Waals surface area (Å²) in [5.41, 5.74) is 8.00. The Hall–Kier alpha value is -3.53. The van der Waals surface area contributed by atoms with Crippen LogP contribution in [0.2, 0.25) is 0 Å². The maximum atomic E-state index is 10.0. The number of rotatable bonds is 2. The van der Waals surface area contributed by atoms with E-state index in [-0.39, 0.29) is 31.6 Å². The zero-order chi connectivity index (χ0) is 23.1. The smallest absolute Gasteiger partial charge is 0.155 e. The van der Waals surface area contributed by atoms with E-state index in [0.29, 0.717) is 0 Å². The van der Waals surface area contributed by atoms with E-state index < -0.39 is 0 Å². The standard InChI is InChI=1S/C24H15N2.C5H8O2.Ir/c1-26-22-8-3-2-6-18(22)19-12-11-16(14-23(19)26)21-13-17-10-9-15-5-4-7-20(25-21)24(15)17;1-4(6)3-5(2)7;/h2-10,12-14H,1H3;3,6H,1-2H3;/q-1;;/b;4-3-;. The fourth-order valence-electron chi connectivity index (χ4n) is 4.47. The number of aliphatic hydroxyl groups excluding tert-OH is 1. The second kappa shape index (κ2) is 9.38. The van der Waals surface area contributed by atoms with Gasteiger partial charge in [-0.15, -0.1) is 23.8 Å². The summed E-state index contributed by atoms with van der Waals surface area (Å²) >= 11 is 0. The largest absolute Gasteiger partial charge is 0.512 e. The molecule has 1 radical (unpaired) electrons. The van der Waals surface area contributed by atoms with Gasteiger partial charge in [0.25, 0.3) is 0 Å². The van der Waals surface area contributed by atoms with Crippen molar-refractivity contribution in [2.24, 2.45) is 7.05 Å². The summed E-state index contributed by atoms with van der Waals surface area (Å²) in [6.45, 7) is 2.85. The zero-order valence-corrected chi connectivity index (χ0v) is 21.5. The van der Waals surface area contributed by atoms with E-state index in [2.05, 4.69) is 90.5 Å². The first-order chi connectivity index (χ1) is 15.9. The van der Waals surface area contributed by atoms with Gasteiger partial charge in [0.1, 0.15) is 0 Å². The topological polar surface area (TPSA) is 55.1 Å². The first-order valence-electron chi connectivity index (χ1n) is 10.8. The number of aliphatic hydroxyl groups is 1. The Bertz CT molecular complexity index is 1620. The van der Waals surface area contributed by atoms with Crippen molar-refractivity contribution in [3.8, 4) is 11.3 Å². The van der Waals surface area contributed by atoms with E-state index in [4.69, 9.17) is 10.1 Å². The Morgan fingerprint density at radius 1 is 0.971 bits per heavy atom. The van der Waals surface area contributed by atoms with Crippen LogP contribution in [0.5, 0.6) is 0 Å². The number of nitrogens with zero attached hydrogens (tertiary/aromatic N) is 2. The second-order valence-corrected chi connectivity index (χ2v) is 8.29. The minimum Gasteiger partial charge on any atom is -0.512 e. The molecule has 0 unspecified atom stereocenters. The molecule has 0 fully saturated rings. The number of benzene rings is 3. The van der Waals surface area contributed by atoms with Gasteiger partial charge in [-0.2, -0.15) is 0 Å². The predicted octanol–water partition coefficient (Wildman–Crippen LogP) is 6.87. The fourth-order valence-corrected chi connectivity index (χ4v) is 4.47. The van der Waals surface area contributed by atoms with Gasteiger partial charge >= 0.3 is 0 Å². The molecule has 0 spiro atoms. The van der Waals surface area contributed by atoms with Gasteiger partial charge in [0.2, 0.25) is 0 Å². The monoisotopic (exact) mass is 624 g/mol. The molecule has 34 heavy (non-hydrogen) atoms. The van der Waals surface area contributed by atoms with Crippen molar-refractivity contribution in [2.45, 2.75) is 13.8 Å². The van der Waals surface area contributed by atoms with Crippen LogP contribution in [0, 0.1) is 6.07 Å². The molecular formula is C29H23IrN2O2-. The van der Waals surface area contributed by atoms with Crippen molar-refractivity contribution in [3.63, 3.8) is 0 Å². The van der Waals surface area contributed by atoms with E-state index in [1.54, 1.807) is 0 Å². The summed E-state index contributed by atoms with van der Waals surface area (Å²) in [4.78, 5) is 14.9. The van der Waals surface area contributed by atoms with Crippen LogP contribution in [-0.2, 0) is 31.9 Å². The van der Waals surface area contributed by atoms with Crippen LogP contribution in [0.25, 0.3) is 56.1 Å². The maximum Gasteiger partial charge on any atom is 0.155 e. The van der Waals surface area contributed by atoms with Crippen LogP contribution in [0.15, 0.2) is 72.5 Å². The number of pyridine rings is 1. The third-order valence-corrected chi connectivity index (χ3v) is 5.87. The first-order valence-corrected chi connectivity index (χ1v) is 10.8. The average molecular weight is 624 g/mol. The summed E-state index contributed by atoms with van der Waals surface area (Å²) < 4.78 is 2.25. The van der Waals surface area contributed by atoms with Crippen LogP contribution < -0.4 is 0 Å². The zero-order valence-electron chi connectivity index (χ0n) is 19.1. The molecule has 1 aliphatic carbocycles. The molecule has 5 aromatic rings. The van der Waals surface area contributed by atoms with Crippen molar-refractivity contribution in [2.75, 3.05) is 0 Å². The third kappa shape index (κ3) is 4.21. The van der Waals surface area contributed by atoms with Gasteiger partial charge in [-0.25, -0.2) is 0 Å². The predicted molar refractivity (Wildman–Crippen MR) is 136 cm³/mol. The van der Waals surface area contributed by atoms with Gasteiger partial charge in [-0.05, 0) is 53.7 Å². The van der Waals surface area contributed by atoms with Gasteiger partial charge in [0.15, 0.2) is 5.78 Å². The second-order valence-electron chi connectivity index (χ2n) is 8.29. The number of fused-ring (bicyclic) bond motifs is 3. The van der Waals surface area contributed by atoms with Crippen molar-refractivity contribution < 1.29 is 30.0 Å². The quantitative estimate of drug-likeness (QED) is 0.130. The Kier molecular flexibility index (Phi) is 6.51. The Morgan fingerprint density at radius 3 is 2.47 bits per heavy atom. The number of hydrogen-bond acceptors (Lipinski definition) is 3. The van der Waals surface area contributed by atoms with E-state index in [0.717, 1.165) is 16.8 Å². The third-order valence-electron chi connectivity index (χ3n) is 5.87. The molecule has 0 atom stereocenters. The molecule has 2 heterocycles. The molecule has 0 saturated heterocycles. The van der Waals surface area contributed by atoms with E-state index in [1.807, 2.05) is 0 Å². The van der Waals surface area contributed by atoms with Gasteiger partial charge in [-0.3, -0.25) is 9.78 Å². The van der Waals surface area contributed by atoms with Crippen molar-refractivity contribution in [3.05, 3.63) is 89.7 Å². The Balaban J connectivity index is 0.000000303. The van der Waals surface area contributed by atoms with Crippen LogP contribution in [0.4, 0.5) is 0 Å². The Morgan fingerprint density at radius 2 is 1.74 bits per heavy atom. The van der Waals surface area contributed by atoms with Crippen LogP contribution in [0.1, 0.15) is 25.0 Å². The molecule has 0 aliphatic heterocycles. The summed E-state index contributed by atoms with van der Waals surface area (Å²) in [5.74, 6) is -0.0625. The average Bonchev–Trinajstić information content (AvgIpc) is 3.34. The van der Waals surface area contributed by atoms with Crippen molar-refractivity contribution in [1.29, 1.82) is 0 Å². The van der Waals surface area contributed by atoms with Crippen LogP contribution >= 0.6 is 0 Å². The number of ketones is 1. The van der Waals surface area contributed by atoms with Crippen LogP contribution in [0.3, 0.4) is 0 Å². The minimum absolute atomic E-state index is 0. The summed E-state index contributed by atoms with van der Waals surface area (Å²) in [7, 11) is 2.12. The molecule has 171 valence electrons. The molecule has 2 aromatic heterocycles. The van der Waals surface area contributed by atoms with E-state index >= 15 is 0 Å². The number of allylic oxidation sites excluding steroid dienone is 2. The van der Waals surface area contributed by atoms with Crippen molar-refractivity contribution in [1.82, 2.24) is 9.55 Å². The van der Waals surface area contributed by atoms with E-state index in [1.165, 1.54) is 58.2 Å². The van der Waals surface area contributed by atoms with Gasteiger partial charge in [0, 0.05) is 44.1 Å². The SMILES string of the molecule is CC(=O)/C=C(/C)O.Cn1c2ccccc2c2c[c-]c(-c3cc4c5c(cccc5n3)C=C4)cc21.[Ir]. The maximum absolute atomic E-state index is 10.0. The number of carbonyl (C=O) groups excluding carboxylic acids is 1. The first kappa shape index (κ1) is 23.6. The number of aryl methyl sites for hydroxylation is 1. The van der Waals surface area contributed by atoms with Gasteiger partial charge in [-0.1, -0.05) is 53.9 Å². The molecule has 1 aliphatic rings. The molecule has 6 rings (SSSR count). The number of aromatic nitrogens is 2. The number of para-hydroxylation sites is 1. The van der Waals surface area contributed by atoms with Crippen LogP contribution in [-0.4, -0.2) is 20.4 Å². The van der Waals surface area contributed by atoms with Gasteiger partial charge < -0.3 is 9.67 Å². The molecule has 0 bridgehead atoms. The van der Waals surface area contributed by atoms with Crippen molar-refractivity contribution >= 4 is 50.6 Å². The normalized spacial score (nSPS) is 12.0. The number of carbonyl (C=O) groups is 1. The molecule has 1 N–H and O–H groups in total. The summed E-state index contributed by atoms with van der Waals surface area (Å²) in [6.07, 6.45) is 5.51. The van der Waals surface area contributed by atoms with E-state index in [9.17, 15) is 4.79 Å². The van der Waals surface area contributed by atoms with Gasteiger partial charge in [0.05, 0.1) is 11.3 Å². The molecule has 3 aromatic carbocycles. The number of hydrogen-bond donors (Lipinski definition) is 1. The molecule has 5 heteroatoms. The minimum atomic E-state index is -0.125. The molecular weight excluding hydrogens is 601 g/mol. The molecule has 4 nitrogen and oxygen atoms in total. The fraction of sp³-hybridized carbons (Fsp3) is 0.103. The Labute approximate surface area is 211 Å².